The fourth-order valence-electron chi connectivity index (χ4n) is 3.17. The molecular weight excluding hydrogens is 561 g/mol. The zero-order valence-corrected chi connectivity index (χ0v) is 23.4. The average Bonchev–Trinajstić information content (AvgIpc) is 3.26. The molecule has 1 fully saturated rings. The third kappa shape index (κ3) is 7.36. The number of carbonyl (C=O) groups excluding carboxylic acids is 3. The first kappa shape index (κ1) is 30.9. The van der Waals surface area contributed by atoms with Crippen molar-refractivity contribution in [2.75, 3.05) is 19.4 Å². The van der Waals surface area contributed by atoms with Gasteiger partial charge in [0.2, 0.25) is 0 Å². The van der Waals surface area contributed by atoms with E-state index >= 15 is 0 Å². The molecule has 2 aromatic rings. The van der Waals surface area contributed by atoms with Crippen molar-refractivity contribution in [2.24, 2.45) is 5.16 Å². The number of β-lactam (4-membered cyclic amide) rings is 1. The molecule has 0 saturated carbocycles. The van der Waals surface area contributed by atoms with Gasteiger partial charge in [0, 0.05) is 24.1 Å². The van der Waals surface area contributed by atoms with Crippen molar-refractivity contribution in [1.29, 1.82) is 0 Å². The van der Waals surface area contributed by atoms with E-state index in [0.29, 0.717) is 5.56 Å². The maximum absolute atomic E-state index is 12.7. The van der Waals surface area contributed by atoms with Crippen LogP contribution in [-0.2, 0) is 36.1 Å². The second-order valence-electron chi connectivity index (χ2n) is 7.20. The Morgan fingerprint density at radius 3 is 2.55 bits per heavy atom. The smallest absolute Gasteiger partial charge is 1.00 e. The fourth-order valence-corrected chi connectivity index (χ4v) is 4.59. The normalized spacial score (nSPS) is 17.1. The summed E-state index contributed by atoms with van der Waals surface area (Å²) in [5.41, 5.74) is 5.50. The number of nitro groups is 1. The number of nitrogens with one attached hydrogen (secondary N) is 2. The van der Waals surface area contributed by atoms with Gasteiger partial charge in [-0.15, -0.1) is 11.3 Å². The van der Waals surface area contributed by atoms with Crippen LogP contribution in [0.15, 0.2) is 34.8 Å². The van der Waals surface area contributed by atoms with E-state index < -0.39 is 51.8 Å². The Morgan fingerprint density at radius 1 is 1.37 bits per heavy atom. The number of alkyl carbamates (subject to hydrolysis) is 1. The van der Waals surface area contributed by atoms with Crippen molar-refractivity contribution in [3.8, 4) is 0 Å². The molecule has 3 rings (SSSR count). The van der Waals surface area contributed by atoms with Gasteiger partial charge in [0.15, 0.2) is 10.8 Å². The molecule has 1 aromatic carbocycles. The molecule has 1 aliphatic heterocycles. The summed E-state index contributed by atoms with van der Waals surface area (Å²) in [6, 6.07) is 2.28. The van der Waals surface area contributed by atoms with Gasteiger partial charge in [-0.3, -0.25) is 24.3 Å². The zero-order valence-electron chi connectivity index (χ0n) is 20.8. The van der Waals surface area contributed by atoms with Crippen LogP contribution in [0.3, 0.4) is 0 Å². The van der Waals surface area contributed by atoms with E-state index in [1.165, 1.54) is 29.6 Å². The van der Waals surface area contributed by atoms with Crippen LogP contribution in [0.5, 0.6) is 0 Å². The van der Waals surface area contributed by atoms with Crippen LogP contribution in [0.2, 0.25) is 0 Å². The Kier molecular flexibility index (Phi) is 10.5. The molecule has 2 unspecified atom stereocenters. The number of anilines is 1. The summed E-state index contributed by atoms with van der Waals surface area (Å²) in [5.74, 6) is -2.14. The monoisotopic (exact) mass is 581 g/mol. The molecular formula is C18H20N7NaO10S2. The van der Waals surface area contributed by atoms with Gasteiger partial charge in [-0.2, -0.15) is 8.42 Å². The standard InChI is InChI=1S/C18H19N7O10S2.Na.H/c1-34-23-13(11-8-36-17(19)21-11)15(26)22-14-12(24(16(14)27)37(31,32)33)6-20-18(28)35-7-9-2-4-10(5-3-9)25(29)30;;/h2-5,8,12,14H,6-7H2,1H3,(H2,19,21)(H,20,28)(H,22,26)(H,31,32,33);;/q;+1;-1/b23-13-;;. The fraction of sp³-hybridized carbons (Fsp3) is 0.278. The molecule has 38 heavy (non-hydrogen) atoms. The first-order valence-corrected chi connectivity index (χ1v) is 12.3. The van der Waals surface area contributed by atoms with Crippen LogP contribution in [0.25, 0.3) is 0 Å². The average molecular weight is 582 g/mol. The number of amides is 3. The second-order valence-corrected chi connectivity index (χ2v) is 9.38. The second kappa shape index (κ2) is 12.9. The largest absolute Gasteiger partial charge is 1.00 e. The van der Waals surface area contributed by atoms with Crippen LogP contribution < -0.4 is 45.9 Å². The summed E-state index contributed by atoms with van der Waals surface area (Å²) in [5, 5.41) is 20.3. The molecule has 200 valence electrons. The number of nitrogen functional groups attached to an aromatic ring is 1. The topological polar surface area (TPSA) is 246 Å². The molecule has 1 saturated heterocycles. The number of oxime groups is 1. The summed E-state index contributed by atoms with van der Waals surface area (Å²) < 4.78 is 37.7. The van der Waals surface area contributed by atoms with E-state index in [1.807, 2.05) is 0 Å². The number of non-ortho nitro benzene ring substituents is 1. The van der Waals surface area contributed by atoms with Crippen molar-refractivity contribution in [1.82, 2.24) is 19.9 Å². The van der Waals surface area contributed by atoms with Crippen LogP contribution in [0, 0.1) is 10.1 Å². The summed E-state index contributed by atoms with van der Waals surface area (Å²) in [6.07, 6.45) is -1.03. The van der Waals surface area contributed by atoms with E-state index in [1.54, 1.807) is 0 Å². The molecule has 1 aromatic heterocycles. The van der Waals surface area contributed by atoms with Crippen LogP contribution >= 0.6 is 11.3 Å². The Hall–Kier alpha value is -3.36. The number of carbonyl (C=O) groups is 3. The van der Waals surface area contributed by atoms with Gasteiger partial charge in [0.05, 0.1) is 11.0 Å². The van der Waals surface area contributed by atoms with Gasteiger partial charge >= 0.3 is 46.0 Å². The van der Waals surface area contributed by atoms with E-state index in [4.69, 9.17) is 10.5 Å². The molecule has 2 atom stereocenters. The number of nitrogens with two attached hydrogens (primary N) is 1. The van der Waals surface area contributed by atoms with Crippen molar-refractivity contribution in [3.05, 3.63) is 51.0 Å². The Balaban J connectivity index is 0.00000380. The summed E-state index contributed by atoms with van der Waals surface area (Å²) in [6.45, 7) is -0.820. The van der Waals surface area contributed by atoms with E-state index in [0.717, 1.165) is 18.4 Å². The number of benzene rings is 1. The van der Waals surface area contributed by atoms with Gasteiger partial charge in [-0.1, -0.05) is 5.16 Å². The number of nitrogens with zero attached hydrogens (tertiary/aromatic N) is 4. The van der Waals surface area contributed by atoms with Gasteiger partial charge in [0.25, 0.3) is 17.5 Å². The molecule has 1 aliphatic rings. The number of thiazole rings is 1. The predicted octanol–water partition coefficient (Wildman–Crippen LogP) is -3.47. The summed E-state index contributed by atoms with van der Waals surface area (Å²) >= 11 is 1.01. The number of rotatable bonds is 10. The maximum atomic E-state index is 12.7. The number of hydrogen-bond donors (Lipinski definition) is 4. The number of hydrogen-bond acceptors (Lipinski definition) is 13. The summed E-state index contributed by atoms with van der Waals surface area (Å²) in [4.78, 5) is 55.8. The van der Waals surface area contributed by atoms with Crippen LogP contribution in [-0.4, -0.2) is 76.5 Å². The molecule has 3 amide bonds. The van der Waals surface area contributed by atoms with Gasteiger partial charge in [-0.25, -0.2) is 14.1 Å². The number of aromatic nitrogens is 1. The quantitative estimate of drug-likeness (QED) is 0.0534. The Labute approximate surface area is 242 Å². The SMILES string of the molecule is CO/N=C(\C(=O)NC1C(=O)N(S(=O)(=O)O)C1CNC(=O)OCc1ccc([N+](=O)[O-])cc1)c1csc(N)n1.[H-].[Na+]. The Bertz CT molecular complexity index is 1360. The molecule has 17 nitrogen and oxygen atoms in total. The third-order valence-electron chi connectivity index (χ3n) is 4.84. The number of ether oxygens (including phenoxy) is 1. The van der Waals surface area contributed by atoms with Crippen molar-refractivity contribution in [2.45, 2.75) is 18.7 Å². The molecule has 0 aliphatic carbocycles. The third-order valence-corrected chi connectivity index (χ3v) is 6.46. The Morgan fingerprint density at radius 2 is 2.03 bits per heavy atom. The molecule has 5 N–H and O–H groups in total. The maximum Gasteiger partial charge on any atom is 1.00 e. The molecule has 20 heteroatoms. The number of nitro benzene ring substituents is 1. The van der Waals surface area contributed by atoms with Crippen LogP contribution in [0.1, 0.15) is 12.7 Å². The van der Waals surface area contributed by atoms with Crippen molar-refractivity contribution < 1.29 is 72.8 Å². The van der Waals surface area contributed by atoms with E-state index in [2.05, 4.69) is 25.6 Å². The summed E-state index contributed by atoms with van der Waals surface area (Å²) in [7, 11) is -3.86. The molecule has 0 spiro atoms. The van der Waals surface area contributed by atoms with E-state index in [-0.39, 0.29) is 64.1 Å². The zero-order chi connectivity index (χ0) is 27.3. The molecule has 2 heterocycles. The predicted molar refractivity (Wildman–Crippen MR) is 127 cm³/mol. The molecule has 0 radical (unpaired) electrons. The minimum Gasteiger partial charge on any atom is -1.00 e. The minimum absolute atomic E-state index is 0. The van der Waals surface area contributed by atoms with Gasteiger partial charge in [-0.05, 0) is 17.7 Å². The first-order chi connectivity index (χ1) is 17.4. The van der Waals surface area contributed by atoms with Crippen molar-refractivity contribution in [3.63, 3.8) is 0 Å². The molecule has 0 bridgehead atoms. The minimum atomic E-state index is -5.02. The first-order valence-electron chi connectivity index (χ1n) is 10.0. The van der Waals surface area contributed by atoms with Gasteiger partial charge in [0.1, 0.15) is 25.5 Å². The van der Waals surface area contributed by atoms with Crippen LogP contribution in [0.4, 0.5) is 15.6 Å². The van der Waals surface area contributed by atoms with Crippen molar-refractivity contribution >= 4 is 56.1 Å². The van der Waals surface area contributed by atoms with E-state index in [9.17, 15) is 37.5 Å². The van der Waals surface area contributed by atoms with Gasteiger partial charge < -0.3 is 27.4 Å².